The molecule has 0 saturated carbocycles. The molecule has 0 fully saturated rings. The third-order valence-electron chi connectivity index (χ3n) is 2.15. The van der Waals surface area contributed by atoms with E-state index in [1.165, 1.54) is 0 Å². The maximum atomic E-state index is 2.49. The van der Waals surface area contributed by atoms with Crippen molar-refractivity contribution in [2.24, 2.45) is 0 Å². The molecular formula is C9H14AsLiSi. The third-order valence-corrected chi connectivity index (χ3v) is 20.4. The molecule has 0 amide bonds. The molecule has 0 nitrogen and oxygen atoms in total. The molecule has 1 aromatic rings. The Labute approximate surface area is 87.8 Å². The zero-order valence-corrected chi connectivity index (χ0v) is 11.2. The summed E-state index contributed by atoms with van der Waals surface area (Å²) in [7, 11) is 0. The van der Waals surface area contributed by atoms with Crippen LogP contribution in [0.5, 0.6) is 0 Å². The fourth-order valence-electron chi connectivity index (χ4n) is 1.04. The molecule has 3 heteroatoms. The monoisotopic (exact) mass is 232 g/mol. The normalized spacial score (nSPS) is 14.4. The van der Waals surface area contributed by atoms with E-state index in [9.17, 15) is 0 Å². The summed E-state index contributed by atoms with van der Waals surface area (Å²) in [6.45, 7) is 6.60. The molecule has 12 heavy (non-hydrogen) atoms. The molecule has 0 N–H and O–H groups in total. The van der Waals surface area contributed by atoms with Crippen LogP contribution in [0.1, 0.15) is 0 Å². The molecule has 60 valence electrons. The number of rotatable bonds is 2. The predicted molar refractivity (Wildman–Crippen MR) is 60.9 cm³/mol. The van der Waals surface area contributed by atoms with Gasteiger partial charge in [-0.2, -0.15) is 0 Å². The van der Waals surface area contributed by atoms with E-state index >= 15 is 0 Å². The van der Waals surface area contributed by atoms with Crippen LogP contribution in [0.4, 0.5) is 0 Å². The Balaban J connectivity index is 2.86. The average Bonchev–Trinajstić information content (AvgIpc) is 2.03. The van der Waals surface area contributed by atoms with Crippen LogP contribution < -0.4 is 4.35 Å². The van der Waals surface area contributed by atoms with E-state index < -0.39 is 18.3 Å². The van der Waals surface area contributed by atoms with E-state index in [2.05, 4.69) is 65.6 Å². The van der Waals surface area contributed by atoms with Crippen LogP contribution in [0.25, 0.3) is 0 Å². The molecule has 1 rings (SSSR count). The standard InChI is InChI=1S/C9H14AsSi.Li/c1-11(2,3)10-9-7-5-4-6-8-9;/h4-8H,1-3H3;/q-1;+1. The SMILES string of the molecule is [Li][As](c1ccccc1)[Si](C)(C)C. The van der Waals surface area contributed by atoms with Gasteiger partial charge in [-0.15, -0.1) is 0 Å². The molecule has 0 radical (unpaired) electrons. The molecular weight excluding hydrogens is 218 g/mol. The van der Waals surface area contributed by atoms with Crippen LogP contribution in [0.3, 0.4) is 0 Å². The van der Waals surface area contributed by atoms with Gasteiger partial charge in [-0.05, 0) is 0 Å². The molecule has 0 saturated heterocycles. The van der Waals surface area contributed by atoms with Crippen LogP contribution in [-0.2, 0) is 0 Å². The summed E-state index contributed by atoms with van der Waals surface area (Å²) in [5.41, 5.74) is 0. The molecule has 0 aromatic heterocycles. The van der Waals surface area contributed by atoms with Crippen molar-refractivity contribution in [3.8, 4) is 0 Å². The third kappa shape index (κ3) is 2.82. The van der Waals surface area contributed by atoms with E-state index in [0.29, 0.717) is 0 Å². The molecule has 0 aliphatic rings. The first kappa shape index (κ1) is 10.7. The topological polar surface area (TPSA) is 0 Å². The Morgan fingerprint density at radius 3 is 2.00 bits per heavy atom. The van der Waals surface area contributed by atoms with Gasteiger partial charge >= 0.3 is 88.2 Å². The molecule has 0 aliphatic carbocycles. The van der Waals surface area contributed by atoms with E-state index in [4.69, 9.17) is 0 Å². The summed E-state index contributed by atoms with van der Waals surface area (Å²) in [6, 6.07) is 11.0. The van der Waals surface area contributed by atoms with E-state index in [-0.39, 0.29) is 0 Å². The predicted octanol–water partition coefficient (Wildman–Crippen LogP) is 1.47. The van der Waals surface area contributed by atoms with Gasteiger partial charge in [0.05, 0.1) is 0 Å². The first-order valence-electron chi connectivity index (χ1n) is 4.31. The van der Waals surface area contributed by atoms with Gasteiger partial charge < -0.3 is 0 Å². The molecule has 0 aliphatic heterocycles. The number of hydrogen-bond donors (Lipinski definition) is 0. The molecule has 1 atom stereocenters. The fraction of sp³-hybridized carbons (Fsp3) is 0.333. The van der Waals surface area contributed by atoms with Gasteiger partial charge in [-0.25, -0.2) is 0 Å². The average molecular weight is 232 g/mol. The van der Waals surface area contributed by atoms with Crippen molar-refractivity contribution in [3.05, 3.63) is 30.3 Å². The Hall–Kier alpha value is 0.593. The summed E-state index contributed by atoms with van der Waals surface area (Å²) in [5, 5.41) is 0. The molecule has 1 unspecified atom stereocenters. The zero-order valence-electron chi connectivity index (χ0n) is 8.33. The van der Waals surface area contributed by atoms with Crippen molar-refractivity contribution in [2.75, 3.05) is 0 Å². The van der Waals surface area contributed by atoms with Crippen LogP contribution in [0.15, 0.2) is 30.3 Å². The molecule has 0 bridgehead atoms. The summed E-state index contributed by atoms with van der Waals surface area (Å²) in [4.78, 5) is 0. The van der Waals surface area contributed by atoms with Gasteiger partial charge in [0.25, 0.3) is 0 Å². The van der Waals surface area contributed by atoms with Gasteiger partial charge in [0.2, 0.25) is 0 Å². The second-order valence-corrected chi connectivity index (χ2v) is 23.8. The first-order chi connectivity index (χ1) is 5.52. The van der Waals surface area contributed by atoms with Crippen LogP contribution in [-0.4, -0.2) is 33.9 Å². The zero-order chi connectivity index (χ0) is 9.19. The summed E-state index contributed by atoms with van der Waals surface area (Å²) in [5.74, 6) is 0. The van der Waals surface area contributed by atoms with Gasteiger partial charge in [0.15, 0.2) is 0 Å². The minimum atomic E-state index is -0.856. The van der Waals surface area contributed by atoms with Crippen molar-refractivity contribution in [1.29, 1.82) is 0 Å². The molecule has 1 aromatic carbocycles. The Morgan fingerprint density at radius 2 is 1.58 bits per heavy atom. The fourth-order valence-corrected chi connectivity index (χ4v) is 8.76. The quantitative estimate of drug-likeness (QED) is 0.677. The van der Waals surface area contributed by atoms with Crippen molar-refractivity contribution < 1.29 is 0 Å². The van der Waals surface area contributed by atoms with E-state index in [1.807, 2.05) is 0 Å². The molecule has 0 spiro atoms. The Bertz CT molecular complexity index is 242. The van der Waals surface area contributed by atoms with Gasteiger partial charge in [0.1, 0.15) is 0 Å². The molecule has 0 heterocycles. The second kappa shape index (κ2) is 4.20. The van der Waals surface area contributed by atoms with Crippen molar-refractivity contribution >= 4 is 38.2 Å². The van der Waals surface area contributed by atoms with E-state index in [1.54, 1.807) is 4.35 Å². The Kier molecular flexibility index (Phi) is 3.74. The van der Waals surface area contributed by atoms with Gasteiger partial charge in [-0.1, -0.05) is 0 Å². The van der Waals surface area contributed by atoms with E-state index in [0.717, 1.165) is 0 Å². The van der Waals surface area contributed by atoms with Crippen LogP contribution >= 0.6 is 0 Å². The summed E-state index contributed by atoms with van der Waals surface area (Å²) >= 11 is 1.82. The van der Waals surface area contributed by atoms with Crippen molar-refractivity contribution in [3.63, 3.8) is 0 Å². The van der Waals surface area contributed by atoms with Crippen molar-refractivity contribution in [1.82, 2.24) is 0 Å². The van der Waals surface area contributed by atoms with Gasteiger partial charge in [0, 0.05) is 0 Å². The summed E-state index contributed by atoms with van der Waals surface area (Å²) in [6.07, 6.45) is 0. The summed E-state index contributed by atoms with van der Waals surface area (Å²) < 4.78 is 1.64. The minimum absolute atomic E-state index is 0.678. The van der Waals surface area contributed by atoms with Crippen molar-refractivity contribution in [2.45, 2.75) is 19.6 Å². The first-order valence-corrected chi connectivity index (χ1v) is 13.4. The maximum absolute atomic E-state index is 2.49. The Morgan fingerprint density at radius 1 is 1.08 bits per heavy atom. The van der Waals surface area contributed by atoms with Gasteiger partial charge in [-0.3, -0.25) is 0 Å². The van der Waals surface area contributed by atoms with Crippen LogP contribution in [0, 0.1) is 0 Å². The number of benzene rings is 1. The number of hydrogen-bond acceptors (Lipinski definition) is 0. The second-order valence-electron chi connectivity index (χ2n) is 4.07. The van der Waals surface area contributed by atoms with Crippen LogP contribution in [0.2, 0.25) is 19.6 Å².